The zero-order chi connectivity index (χ0) is 53.8. The number of hydrogen-bond acceptors (Lipinski definition) is 4. The molecule has 0 saturated carbocycles. The Morgan fingerprint density at radius 3 is 1.17 bits per heavy atom. The number of aryl methyl sites for hydroxylation is 2. The Labute approximate surface area is 497 Å². The molecule has 75 heavy (non-hydrogen) atoms. The van der Waals surface area contributed by atoms with Crippen LogP contribution in [0.3, 0.4) is 0 Å². The van der Waals surface area contributed by atoms with Crippen molar-refractivity contribution in [3.05, 3.63) is 253 Å². The largest absolute Gasteiger partial charge is 2.00 e. The van der Waals surface area contributed by atoms with Gasteiger partial charge < -0.3 is 19.7 Å². The van der Waals surface area contributed by atoms with Crippen LogP contribution in [0.25, 0.3) is 0 Å². The fraction of sp³-hybridized carbons (Fsp3) is 0.258. The summed E-state index contributed by atoms with van der Waals surface area (Å²) in [4.78, 5) is 0. The second kappa shape index (κ2) is 42.8. The Morgan fingerprint density at radius 1 is 0.507 bits per heavy atom. The smallest absolute Gasteiger partial charge is 2.00 e. The van der Waals surface area contributed by atoms with E-state index in [-0.39, 0.29) is 59.6 Å². The van der Waals surface area contributed by atoms with E-state index in [4.69, 9.17) is 47.8 Å². The number of rotatable bonds is 18. The molecule has 2 radical (unpaired) electrons. The third kappa shape index (κ3) is 30.2. The maximum atomic E-state index is 6.44. The molecule has 0 amide bonds. The Hall–Kier alpha value is -2.09. The summed E-state index contributed by atoms with van der Waals surface area (Å²) in [5.41, 5.74) is 6.83. The molecule has 7 aromatic rings. The predicted octanol–water partition coefficient (Wildman–Crippen LogP) is 16.5. The fourth-order valence-corrected chi connectivity index (χ4v) is 10.8. The summed E-state index contributed by atoms with van der Waals surface area (Å²) in [5.74, 6) is 2.62. The first kappa shape index (κ1) is 69.0. The van der Waals surface area contributed by atoms with Crippen molar-refractivity contribution in [2.75, 3.05) is 19.6 Å². The van der Waals surface area contributed by atoms with E-state index >= 15 is 0 Å². The third-order valence-corrected chi connectivity index (χ3v) is 15.2. The van der Waals surface area contributed by atoms with Crippen LogP contribution in [0.5, 0.6) is 0 Å². The Morgan fingerprint density at radius 2 is 0.867 bits per heavy atom. The van der Waals surface area contributed by atoms with Crippen LogP contribution in [0.4, 0.5) is 0 Å². The van der Waals surface area contributed by atoms with Crippen LogP contribution in [0.2, 0.25) is 0 Å². The average molecular weight is 1340 g/mol. The Bertz CT molecular complexity index is 2300. The van der Waals surface area contributed by atoms with Gasteiger partial charge in [-0.1, -0.05) is 209 Å². The second-order valence-electron chi connectivity index (χ2n) is 17.8. The molecule has 7 aromatic carbocycles. The zero-order valence-electron chi connectivity index (χ0n) is 44.2. The van der Waals surface area contributed by atoms with Gasteiger partial charge in [-0.15, -0.1) is 12.8 Å². The van der Waals surface area contributed by atoms with Gasteiger partial charge in [0.2, 0.25) is 0 Å². The number of halogens is 4. The number of benzene rings is 6. The molecule has 8 rings (SSSR count). The van der Waals surface area contributed by atoms with Gasteiger partial charge in [-0.25, -0.2) is 30.2 Å². The van der Waals surface area contributed by atoms with E-state index in [2.05, 4.69) is 261 Å². The van der Waals surface area contributed by atoms with Crippen LogP contribution in [0.15, 0.2) is 206 Å². The summed E-state index contributed by atoms with van der Waals surface area (Å²) in [6.45, 7) is 20.8. The first-order valence-corrected chi connectivity index (χ1v) is 36.2. The molecule has 1 aliphatic carbocycles. The molecular weight excluding hydrogens is 1270 g/mol. The molecule has 13 heteroatoms. The Kier molecular flexibility index (Phi) is 39.4. The van der Waals surface area contributed by atoms with Crippen LogP contribution in [0, 0.1) is 32.6 Å². The molecule has 4 nitrogen and oxygen atoms in total. The molecule has 0 unspecified atom stereocenters. The van der Waals surface area contributed by atoms with Crippen molar-refractivity contribution in [3.63, 3.8) is 0 Å². The Balaban J connectivity index is 0.000000350. The minimum absolute atomic E-state index is 0. The van der Waals surface area contributed by atoms with Crippen molar-refractivity contribution in [3.8, 4) is 0 Å². The zero-order valence-corrected chi connectivity index (χ0v) is 53.6. The summed E-state index contributed by atoms with van der Waals surface area (Å²) in [6.07, 6.45) is 8.71. The standard InChI is InChI=1S/2C21H23NOP.2C10H14.4ClH.Fe.2Ru/c2*1-18(16-22-17-19-10-8-9-11-19)23-24(20-12-4-2-5-13-20)21-14-6-3-7-15-21;2*1-8(2)10-6-4-9(3)5-7-10;;;;;;;/h2*2-15,18,22H,16-17H2,1H3;2*4-8H,1-3H3;4*1H;;;/q2*-1;;;;;;;3*+2/p-4/t2*18-;;;;;;;;;/m00........./s1. The molecule has 0 aliphatic heterocycles. The van der Waals surface area contributed by atoms with E-state index < -0.39 is 16.3 Å². The fourth-order valence-electron chi connectivity index (χ4n) is 7.04. The topological polar surface area (TPSA) is 42.5 Å². The van der Waals surface area contributed by atoms with E-state index in [0.717, 1.165) is 26.2 Å². The van der Waals surface area contributed by atoms with Crippen LogP contribution in [-0.2, 0) is 63.0 Å². The minimum Gasteiger partial charge on any atom is 2.00 e. The second-order valence-corrected chi connectivity index (χ2v) is 26.8. The maximum Gasteiger partial charge on any atom is 2.00 e. The molecule has 2 N–H and O–H groups in total. The van der Waals surface area contributed by atoms with Gasteiger partial charge in [0.25, 0.3) is 0 Å². The summed E-state index contributed by atoms with van der Waals surface area (Å²) >= 11 is -0.691. The molecule has 406 valence electrons. The molecule has 0 saturated heterocycles. The van der Waals surface area contributed by atoms with E-state index in [1.165, 1.54) is 55.0 Å². The molecule has 0 aromatic heterocycles. The maximum absolute atomic E-state index is 6.44. The first-order valence-electron chi connectivity index (χ1n) is 24.7. The van der Waals surface area contributed by atoms with Crippen LogP contribution < -0.4 is 31.9 Å². The number of allylic oxidation sites excluding steroid dienone is 1. The van der Waals surface area contributed by atoms with Crippen molar-refractivity contribution >= 4 is 76.3 Å². The van der Waals surface area contributed by atoms with Crippen LogP contribution in [0.1, 0.15) is 81.2 Å². The van der Waals surface area contributed by atoms with Gasteiger partial charge in [0.1, 0.15) is 0 Å². The number of nitrogens with one attached hydrogen (secondary N) is 2. The van der Waals surface area contributed by atoms with Gasteiger partial charge in [0.05, 0.1) is 28.5 Å². The van der Waals surface area contributed by atoms with Crippen molar-refractivity contribution in [2.45, 2.75) is 86.0 Å². The van der Waals surface area contributed by atoms with Crippen LogP contribution in [-0.4, -0.2) is 31.8 Å². The van der Waals surface area contributed by atoms with Gasteiger partial charge in [0.15, 0.2) is 0 Å². The average Bonchev–Trinajstić information content (AvgIpc) is 4.15. The predicted molar refractivity (Wildman–Crippen MR) is 321 cm³/mol. The van der Waals surface area contributed by atoms with Gasteiger partial charge in [-0.05, 0) is 63.7 Å². The monoisotopic (exact) mass is 1340 g/mol. The van der Waals surface area contributed by atoms with Gasteiger partial charge in [-0.2, -0.15) is 17.7 Å². The molecule has 2 atom stereocenters. The van der Waals surface area contributed by atoms with Gasteiger partial charge in [0, 0.05) is 34.3 Å². The van der Waals surface area contributed by atoms with Gasteiger partial charge in [-0.3, -0.25) is 0 Å². The minimum atomic E-state index is -0.792. The van der Waals surface area contributed by atoms with E-state index in [1.54, 1.807) is 0 Å². The molecular formula is C62H74Cl4FeN2O2P2Ru2. The van der Waals surface area contributed by atoms with Crippen molar-refractivity contribution in [1.29, 1.82) is 0 Å². The normalized spacial score (nSPS) is 12.2. The molecule has 0 spiro atoms. The summed E-state index contributed by atoms with van der Waals surface area (Å²) in [5, 5.41) is 12.0. The van der Waals surface area contributed by atoms with Gasteiger partial charge >= 0.3 is 86.1 Å². The van der Waals surface area contributed by atoms with E-state index in [1.807, 2.05) is 24.3 Å². The summed E-state index contributed by atoms with van der Waals surface area (Å²) in [6, 6.07) is 67.9. The van der Waals surface area contributed by atoms with Crippen molar-refractivity contribution < 1.29 is 56.4 Å². The number of hydrogen-bond donors (Lipinski definition) is 2. The van der Waals surface area contributed by atoms with Crippen molar-refractivity contribution in [1.82, 2.24) is 10.6 Å². The molecule has 0 heterocycles. The molecule has 1 aliphatic rings. The van der Waals surface area contributed by atoms with Crippen LogP contribution >= 0.6 is 55.1 Å². The molecule has 0 bridgehead atoms. The summed E-state index contributed by atoms with van der Waals surface area (Å²) in [7, 11) is 17.8. The molecule has 0 fully saturated rings. The van der Waals surface area contributed by atoms with Crippen molar-refractivity contribution in [2.24, 2.45) is 0 Å². The third-order valence-electron chi connectivity index (χ3n) is 11.0. The summed E-state index contributed by atoms with van der Waals surface area (Å²) < 4.78 is 12.9. The quantitative estimate of drug-likeness (QED) is 0.0510. The van der Waals surface area contributed by atoms with E-state index in [0.29, 0.717) is 11.8 Å². The SMILES string of the molecule is C[C@@H](CNC[C-]1[CH][CH]C=C1)OP(c1ccccc1)c1ccccc1.C[C@@H](CNCc1ccc[cH-]1)OP(c1ccccc1)c1ccccc1.Cc1ccc(C(C)C)cc1.Cc1ccc(C(C)C)cc1.[Cl][Ru][Cl].[Cl][Ru][Cl].[Fe+2]. The first-order chi connectivity index (χ1) is 35.9. The van der Waals surface area contributed by atoms with E-state index in [9.17, 15) is 0 Å².